The number of nitrogens with one attached hydrogen (secondary N) is 1. The Kier molecular flexibility index (Phi) is 6.04. The number of carbonyl (C=O) groups excluding carboxylic acids is 1. The average molecular weight is 362 g/mol. The summed E-state index contributed by atoms with van der Waals surface area (Å²) < 4.78 is 5.63. The van der Waals surface area contributed by atoms with Crippen LogP contribution in [0.2, 0.25) is 5.02 Å². The highest BCUT2D eigenvalue weighted by Gasteiger charge is 2.17. The normalized spacial score (nSPS) is 13.0. The lowest BCUT2D eigenvalue weighted by Gasteiger charge is -2.16. The number of carboxylic acid groups (broad SMARTS) is 1. The molecule has 2 aromatic rings. The zero-order valence-corrected chi connectivity index (χ0v) is 15.0. The molecule has 2 atom stereocenters. The number of carbonyl (C=O) groups is 2. The van der Waals surface area contributed by atoms with Gasteiger partial charge in [-0.3, -0.25) is 9.59 Å². The molecule has 0 aliphatic rings. The number of aryl methyl sites for hydroxylation is 1. The summed E-state index contributed by atoms with van der Waals surface area (Å²) in [5, 5.41) is 12.2. The molecule has 0 saturated heterocycles. The van der Waals surface area contributed by atoms with Gasteiger partial charge in [0.25, 0.3) is 5.91 Å². The summed E-state index contributed by atoms with van der Waals surface area (Å²) in [5.74, 6) is -1.36. The third-order valence-electron chi connectivity index (χ3n) is 3.81. The van der Waals surface area contributed by atoms with E-state index in [2.05, 4.69) is 5.32 Å². The third kappa shape index (κ3) is 4.97. The molecule has 0 fully saturated rings. The van der Waals surface area contributed by atoms with Crippen LogP contribution in [0, 0.1) is 6.92 Å². The van der Waals surface area contributed by atoms with Gasteiger partial charge in [0.2, 0.25) is 0 Å². The van der Waals surface area contributed by atoms with Crippen LogP contribution in [0.1, 0.15) is 30.9 Å². The quantitative estimate of drug-likeness (QED) is 0.806. The summed E-state index contributed by atoms with van der Waals surface area (Å²) in [6.07, 6.45) is -0.739. The fourth-order valence-corrected chi connectivity index (χ4v) is 2.35. The lowest BCUT2D eigenvalue weighted by atomic mass is 10.0. The summed E-state index contributed by atoms with van der Waals surface area (Å²) in [6, 6.07) is 12.0. The minimum absolute atomic E-state index is 0.323. The van der Waals surface area contributed by atoms with Gasteiger partial charge in [-0.25, -0.2) is 0 Å². The molecule has 0 heterocycles. The number of halogens is 1. The maximum absolute atomic E-state index is 12.3. The Balaban J connectivity index is 2.01. The first-order valence-corrected chi connectivity index (χ1v) is 8.22. The van der Waals surface area contributed by atoms with E-state index in [1.165, 1.54) is 0 Å². The van der Waals surface area contributed by atoms with Crippen molar-refractivity contribution in [3.8, 4) is 5.75 Å². The minimum atomic E-state index is -0.895. The number of aliphatic carboxylic acids is 1. The van der Waals surface area contributed by atoms with Crippen LogP contribution in [0.25, 0.3) is 0 Å². The van der Waals surface area contributed by atoms with Gasteiger partial charge < -0.3 is 15.2 Å². The molecule has 2 aromatic carbocycles. The number of amides is 1. The van der Waals surface area contributed by atoms with Gasteiger partial charge in [-0.1, -0.05) is 29.8 Å². The molecule has 0 aromatic heterocycles. The SMILES string of the molecule is Cc1ccc(Cl)c(OC(C)C(=O)Nc2ccc(C(C)C(=O)O)cc2)c1. The van der Waals surface area contributed by atoms with E-state index in [1.807, 2.05) is 13.0 Å². The molecule has 5 nitrogen and oxygen atoms in total. The largest absolute Gasteiger partial charge is 0.481 e. The summed E-state index contributed by atoms with van der Waals surface area (Å²) in [5.41, 5.74) is 2.22. The monoisotopic (exact) mass is 361 g/mol. The van der Waals surface area contributed by atoms with Crippen molar-refractivity contribution >= 4 is 29.2 Å². The van der Waals surface area contributed by atoms with Gasteiger partial charge in [0.05, 0.1) is 10.9 Å². The second-order valence-corrected chi connectivity index (χ2v) is 6.27. The van der Waals surface area contributed by atoms with Crippen molar-refractivity contribution in [2.75, 3.05) is 5.32 Å². The van der Waals surface area contributed by atoms with Crippen molar-refractivity contribution in [1.29, 1.82) is 0 Å². The number of rotatable bonds is 6. The number of carboxylic acids is 1. The lowest BCUT2D eigenvalue weighted by Crippen LogP contribution is -2.30. The van der Waals surface area contributed by atoms with Gasteiger partial charge in [-0.05, 0) is 56.2 Å². The predicted octanol–water partition coefficient (Wildman–Crippen LogP) is 4.24. The molecule has 132 valence electrons. The Labute approximate surface area is 151 Å². The molecule has 6 heteroatoms. The second-order valence-electron chi connectivity index (χ2n) is 5.87. The standard InChI is InChI=1S/C19H20ClNO4/c1-11-4-9-16(20)17(10-11)25-13(3)18(22)21-15-7-5-14(6-8-15)12(2)19(23)24/h4-10,12-13H,1-3H3,(H,21,22)(H,23,24). The van der Waals surface area contributed by atoms with Crippen molar-refractivity contribution in [2.45, 2.75) is 32.8 Å². The van der Waals surface area contributed by atoms with Crippen molar-refractivity contribution in [2.24, 2.45) is 0 Å². The van der Waals surface area contributed by atoms with Crippen LogP contribution in [0.4, 0.5) is 5.69 Å². The maximum Gasteiger partial charge on any atom is 0.310 e. The molecule has 25 heavy (non-hydrogen) atoms. The molecule has 0 aliphatic heterocycles. The average Bonchev–Trinajstić information content (AvgIpc) is 2.58. The van der Waals surface area contributed by atoms with Crippen molar-refractivity contribution in [3.05, 3.63) is 58.6 Å². The zero-order valence-electron chi connectivity index (χ0n) is 14.2. The van der Waals surface area contributed by atoms with Gasteiger partial charge in [0, 0.05) is 5.69 Å². The highest BCUT2D eigenvalue weighted by atomic mass is 35.5. The van der Waals surface area contributed by atoms with E-state index in [4.69, 9.17) is 21.4 Å². The molecule has 0 spiro atoms. The Hall–Kier alpha value is -2.53. The Morgan fingerprint density at radius 2 is 1.76 bits per heavy atom. The molecule has 2 unspecified atom stereocenters. The summed E-state index contributed by atoms with van der Waals surface area (Å²) in [7, 11) is 0. The number of ether oxygens (including phenoxy) is 1. The lowest BCUT2D eigenvalue weighted by molar-refractivity contribution is -0.138. The smallest absolute Gasteiger partial charge is 0.310 e. The van der Waals surface area contributed by atoms with Gasteiger partial charge in [0.1, 0.15) is 5.75 Å². The highest BCUT2D eigenvalue weighted by Crippen LogP contribution is 2.26. The van der Waals surface area contributed by atoms with Crippen molar-refractivity contribution in [3.63, 3.8) is 0 Å². The zero-order chi connectivity index (χ0) is 18.6. The van der Waals surface area contributed by atoms with Crippen LogP contribution < -0.4 is 10.1 Å². The maximum atomic E-state index is 12.3. The topological polar surface area (TPSA) is 75.6 Å². The molecule has 1 amide bonds. The van der Waals surface area contributed by atoms with Crippen molar-refractivity contribution in [1.82, 2.24) is 0 Å². The first kappa shape index (κ1) is 18.8. The van der Waals surface area contributed by atoms with Crippen LogP contribution in [0.3, 0.4) is 0 Å². The fraction of sp³-hybridized carbons (Fsp3) is 0.263. The fourth-order valence-electron chi connectivity index (χ4n) is 2.19. The third-order valence-corrected chi connectivity index (χ3v) is 4.12. The molecule has 0 saturated carbocycles. The van der Waals surface area contributed by atoms with E-state index >= 15 is 0 Å². The number of hydrogen-bond donors (Lipinski definition) is 2. The number of anilines is 1. The van der Waals surface area contributed by atoms with E-state index in [9.17, 15) is 9.59 Å². The van der Waals surface area contributed by atoms with E-state index < -0.39 is 18.0 Å². The summed E-state index contributed by atoms with van der Waals surface area (Å²) >= 11 is 6.07. The molecule has 0 aliphatic carbocycles. The molecule has 2 rings (SSSR count). The first-order chi connectivity index (χ1) is 11.8. The van der Waals surface area contributed by atoms with Crippen LogP contribution in [-0.4, -0.2) is 23.1 Å². The van der Waals surface area contributed by atoms with Gasteiger partial charge in [0.15, 0.2) is 6.10 Å². The number of hydrogen-bond acceptors (Lipinski definition) is 3. The van der Waals surface area contributed by atoms with Crippen LogP contribution >= 0.6 is 11.6 Å². The van der Waals surface area contributed by atoms with E-state index in [0.717, 1.165) is 5.56 Å². The first-order valence-electron chi connectivity index (χ1n) is 7.84. The molecule has 0 radical (unpaired) electrons. The van der Waals surface area contributed by atoms with Gasteiger partial charge >= 0.3 is 5.97 Å². The van der Waals surface area contributed by atoms with E-state index in [0.29, 0.717) is 22.0 Å². The van der Waals surface area contributed by atoms with Gasteiger partial charge in [-0.15, -0.1) is 0 Å². The summed E-state index contributed by atoms with van der Waals surface area (Å²) in [6.45, 7) is 5.15. The van der Waals surface area contributed by atoms with Crippen LogP contribution in [0.5, 0.6) is 5.75 Å². The van der Waals surface area contributed by atoms with Crippen LogP contribution in [0.15, 0.2) is 42.5 Å². The van der Waals surface area contributed by atoms with E-state index in [1.54, 1.807) is 50.2 Å². The predicted molar refractivity (Wildman–Crippen MR) is 97.4 cm³/mol. The molecular weight excluding hydrogens is 342 g/mol. The number of benzene rings is 2. The Morgan fingerprint density at radius 1 is 1.12 bits per heavy atom. The highest BCUT2D eigenvalue weighted by molar-refractivity contribution is 6.32. The minimum Gasteiger partial charge on any atom is -0.481 e. The Morgan fingerprint density at radius 3 is 2.36 bits per heavy atom. The molecule has 0 bridgehead atoms. The van der Waals surface area contributed by atoms with E-state index in [-0.39, 0.29) is 5.91 Å². The Bertz CT molecular complexity index is 773. The van der Waals surface area contributed by atoms with Crippen molar-refractivity contribution < 1.29 is 19.4 Å². The van der Waals surface area contributed by atoms with Gasteiger partial charge in [-0.2, -0.15) is 0 Å². The van der Waals surface area contributed by atoms with Crippen LogP contribution in [-0.2, 0) is 9.59 Å². The summed E-state index contributed by atoms with van der Waals surface area (Å²) in [4.78, 5) is 23.2. The molecular formula is C19H20ClNO4. The molecule has 2 N–H and O–H groups in total. The second kappa shape index (κ2) is 8.03.